The summed E-state index contributed by atoms with van der Waals surface area (Å²) in [7, 11) is 0. The van der Waals surface area contributed by atoms with Gasteiger partial charge in [-0.3, -0.25) is 14.2 Å². The average molecular weight is 377 g/mol. The molecule has 0 spiro atoms. The Kier molecular flexibility index (Phi) is 4.80. The van der Waals surface area contributed by atoms with Gasteiger partial charge in [-0.05, 0) is 24.3 Å². The van der Waals surface area contributed by atoms with Crippen molar-refractivity contribution < 1.29 is 4.79 Å². The average Bonchev–Trinajstić information content (AvgIpc) is 2.42. The Morgan fingerprint density at radius 3 is 2.60 bits per heavy atom. The third-order valence-electron chi connectivity index (χ3n) is 2.38. The topological polar surface area (TPSA) is 64.0 Å². The minimum Gasteiger partial charge on any atom is -0.325 e. The Balaban J connectivity index is 2.11. The summed E-state index contributed by atoms with van der Waals surface area (Å²) in [5, 5.41) is 2.37. The number of carbonyl (C=O) groups is 1. The molecule has 0 radical (unpaired) electrons. The van der Waals surface area contributed by atoms with Crippen LogP contribution in [0.2, 0.25) is 10.2 Å². The molecule has 0 aliphatic rings. The van der Waals surface area contributed by atoms with E-state index in [-0.39, 0.29) is 22.6 Å². The summed E-state index contributed by atoms with van der Waals surface area (Å²) in [6, 6.07) is 7.06. The van der Waals surface area contributed by atoms with E-state index in [4.69, 9.17) is 23.2 Å². The SMILES string of the molecule is O=C(Cn1cnc(Cl)c(Cl)c1=O)Nc1ccc(Br)cc1. The highest BCUT2D eigenvalue weighted by Gasteiger charge is 2.10. The van der Waals surface area contributed by atoms with Crippen LogP contribution in [0.25, 0.3) is 0 Å². The summed E-state index contributed by atoms with van der Waals surface area (Å²) in [4.78, 5) is 27.3. The van der Waals surface area contributed by atoms with E-state index in [2.05, 4.69) is 26.2 Å². The van der Waals surface area contributed by atoms with E-state index < -0.39 is 5.56 Å². The minimum atomic E-state index is -0.558. The van der Waals surface area contributed by atoms with Crippen molar-refractivity contribution in [2.45, 2.75) is 6.54 Å². The predicted molar refractivity (Wildman–Crippen MR) is 81.3 cm³/mol. The summed E-state index contributed by atoms with van der Waals surface area (Å²) in [6.07, 6.45) is 1.18. The van der Waals surface area contributed by atoms with Gasteiger partial charge in [-0.15, -0.1) is 0 Å². The summed E-state index contributed by atoms with van der Waals surface area (Å²) in [6.45, 7) is -0.196. The normalized spacial score (nSPS) is 10.3. The van der Waals surface area contributed by atoms with Gasteiger partial charge in [-0.1, -0.05) is 39.1 Å². The lowest BCUT2D eigenvalue weighted by Crippen LogP contribution is -2.28. The molecule has 0 aliphatic heterocycles. The molecule has 104 valence electrons. The lowest BCUT2D eigenvalue weighted by atomic mass is 10.3. The molecule has 0 atom stereocenters. The summed E-state index contributed by atoms with van der Waals surface area (Å²) < 4.78 is 1.99. The van der Waals surface area contributed by atoms with Crippen LogP contribution in [0.5, 0.6) is 0 Å². The number of carbonyl (C=O) groups excluding carboxylic acids is 1. The van der Waals surface area contributed by atoms with Crippen molar-refractivity contribution in [1.29, 1.82) is 0 Å². The van der Waals surface area contributed by atoms with Gasteiger partial charge < -0.3 is 5.32 Å². The van der Waals surface area contributed by atoms with Gasteiger partial charge >= 0.3 is 0 Å². The zero-order chi connectivity index (χ0) is 14.7. The maximum Gasteiger partial charge on any atom is 0.274 e. The van der Waals surface area contributed by atoms with Crippen LogP contribution in [0.4, 0.5) is 5.69 Å². The Labute approximate surface area is 132 Å². The highest BCUT2D eigenvalue weighted by atomic mass is 79.9. The highest BCUT2D eigenvalue weighted by molar-refractivity contribution is 9.10. The molecule has 0 fully saturated rings. The number of halogens is 3. The Hall–Kier alpha value is -1.37. The van der Waals surface area contributed by atoms with Crippen molar-refractivity contribution in [1.82, 2.24) is 9.55 Å². The van der Waals surface area contributed by atoms with Crippen molar-refractivity contribution >= 4 is 50.7 Å². The first-order chi connectivity index (χ1) is 9.47. The highest BCUT2D eigenvalue weighted by Crippen LogP contribution is 2.14. The van der Waals surface area contributed by atoms with Gasteiger partial charge in [-0.2, -0.15) is 0 Å². The van der Waals surface area contributed by atoms with Gasteiger partial charge in [0.1, 0.15) is 11.6 Å². The molecule has 2 rings (SSSR count). The Morgan fingerprint density at radius 2 is 1.95 bits per heavy atom. The van der Waals surface area contributed by atoms with E-state index >= 15 is 0 Å². The van der Waals surface area contributed by atoms with E-state index in [9.17, 15) is 9.59 Å². The van der Waals surface area contributed by atoms with Crippen LogP contribution in [0.15, 0.2) is 39.9 Å². The predicted octanol–water partition coefficient (Wildman–Crippen LogP) is 2.95. The second-order valence-corrected chi connectivity index (χ2v) is 5.49. The van der Waals surface area contributed by atoms with E-state index in [1.54, 1.807) is 24.3 Å². The lowest BCUT2D eigenvalue weighted by molar-refractivity contribution is -0.116. The molecule has 1 heterocycles. The molecule has 1 aromatic carbocycles. The quantitative estimate of drug-likeness (QED) is 0.837. The third-order valence-corrected chi connectivity index (χ3v) is 3.63. The number of rotatable bonds is 3. The zero-order valence-electron chi connectivity index (χ0n) is 9.94. The number of nitrogens with one attached hydrogen (secondary N) is 1. The summed E-state index contributed by atoms with van der Waals surface area (Å²) in [5.74, 6) is -0.366. The number of nitrogens with zero attached hydrogens (tertiary/aromatic N) is 2. The molecule has 1 aromatic heterocycles. The number of hydrogen-bond donors (Lipinski definition) is 1. The van der Waals surface area contributed by atoms with Gasteiger partial charge in [0.2, 0.25) is 5.91 Å². The lowest BCUT2D eigenvalue weighted by Gasteiger charge is -2.07. The molecule has 1 amide bonds. The van der Waals surface area contributed by atoms with Crippen molar-refractivity contribution in [2.24, 2.45) is 0 Å². The Morgan fingerprint density at radius 1 is 1.30 bits per heavy atom. The van der Waals surface area contributed by atoms with Crippen LogP contribution in [-0.4, -0.2) is 15.5 Å². The van der Waals surface area contributed by atoms with Crippen LogP contribution in [0.3, 0.4) is 0 Å². The second-order valence-electron chi connectivity index (χ2n) is 3.84. The van der Waals surface area contributed by atoms with E-state index in [1.807, 2.05) is 0 Å². The molecule has 0 saturated heterocycles. The van der Waals surface area contributed by atoms with Gasteiger partial charge in [0, 0.05) is 10.2 Å². The maximum atomic E-state index is 11.8. The van der Waals surface area contributed by atoms with Gasteiger partial charge in [0.05, 0.1) is 6.33 Å². The maximum absolute atomic E-state index is 11.8. The second kappa shape index (κ2) is 6.39. The largest absolute Gasteiger partial charge is 0.325 e. The molecule has 0 aliphatic carbocycles. The van der Waals surface area contributed by atoms with E-state index in [1.165, 1.54) is 6.33 Å². The Bertz CT molecular complexity index is 701. The number of hydrogen-bond acceptors (Lipinski definition) is 3. The molecule has 0 bridgehead atoms. The number of benzene rings is 1. The smallest absolute Gasteiger partial charge is 0.274 e. The molecule has 5 nitrogen and oxygen atoms in total. The van der Waals surface area contributed by atoms with Crippen LogP contribution in [0.1, 0.15) is 0 Å². The molecule has 1 N–H and O–H groups in total. The minimum absolute atomic E-state index is 0.0822. The zero-order valence-corrected chi connectivity index (χ0v) is 13.0. The molecule has 0 unspecified atom stereocenters. The fourth-order valence-electron chi connectivity index (χ4n) is 1.44. The number of amides is 1. The van der Waals surface area contributed by atoms with Crippen LogP contribution < -0.4 is 10.9 Å². The van der Waals surface area contributed by atoms with Crippen LogP contribution in [-0.2, 0) is 11.3 Å². The van der Waals surface area contributed by atoms with Gasteiger partial charge in [0.25, 0.3) is 5.56 Å². The first-order valence-electron chi connectivity index (χ1n) is 5.43. The van der Waals surface area contributed by atoms with Crippen LogP contribution >= 0.6 is 39.1 Å². The fraction of sp³-hybridized carbons (Fsp3) is 0.0833. The van der Waals surface area contributed by atoms with Gasteiger partial charge in [-0.25, -0.2) is 4.98 Å². The molecular weight excluding hydrogens is 369 g/mol. The monoisotopic (exact) mass is 375 g/mol. The van der Waals surface area contributed by atoms with E-state index in [0.29, 0.717) is 5.69 Å². The molecule has 0 saturated carbocycles. The van der Waals surface area contributed by atoms with Crippen molar-refractivity contribution in [3.05, 3.63) is 55.6 Å². The molecule has 20 heavy (non-hydrogen) atoms. The fourth-order valence-corrected chi connectivity index (χ4v) is 1.99. The third kappa shape index (κ3) is 3.59. The van der Waals surface area contributed by atoms with Gasteiger partial charge in [0.15, 0.2) is 5.15 Å². The first-order valence-corrected chi connectivity index (χ1v) is 6.98. The van der Waals surface area contributed by atoms with Crippen molar-refractivity contribution in [2.75, 3.05) is 5.32 Å². The van der Waals surface area contributed by atoms with Crippen molar-refractivity contribution in [3.8, 4) is 0 Å². The molecular formula is C12H8BrCl2N3O2. The van der Waals surface area contributed by atoms with Crippen LogP contribution in [0, 0.1) is 0 Å². The standard InChI is InChI=1S/C12H8BrCl2N3O2/c13-7-1-3-8(4-2-7)17-9(19)5-18-6-16-11(15)10(14)12(18)20/h1-4,6H,5H2,(H,17,19). The number of anilines is 1. The van der Waals surface area contributed by atoms with E-state index in [0.717, 1.165) is 9.04 Å². The molecule has 2 aromatic rings. The summed E-state index contributed by atoms with van der Waals surface area (Å²) >= 11 is 14.6. The van der Waals surface area contributed by atoms with Crippen molar-refractivity contribution in [3.63, 3.8) is 0 Å². The molecule has 8 heteroatoms. The number of aromatic nitrogens is 2. The first kappa shape index (κ1) is 15.0. The summed E-state index contributed by atoms with van der Waals surface area (Å²) in [5.41, 5.74) is 0.0666.